The summed E-state index contributed by atoms with van der Waals surface area (Å²) in [6.07, 6.45) is 1.42. The predicted molar refractivity (Wildman–Crippen MR) is 78.2 cm³/mol. The van der Waals surface area contributed by atoms with Gasteiger partial charge in [0.15, 0.2) is 0 Å². The second-order valence-corrected chi connectivity index (χ2v) is 5.16. The maximum atomic E-state index is 12.7. The van der Waals surface area contributed by atoms with Gasteiger partial charge in [0.05, 0.1) is 11.1 Å². The van der Waals surface area contributed by atoms with Gasteiger partial charge in [-0.05, 0) is 30.5 Å². The van der Waals surface area contributed by atoms with Gasteiger partial charge in [-0.2, -0.15) is 0 Å². The molecule has 1 saturated heterocycles. The van der Waals surface area contributed by atoms with Crippen LogP contribution in [0, 0.1) is 5.41 Å². The number of amides is 3. The van der Waals surface area contributed by atoms with Crippen molar-refractivity contribution in [1.82, 2.24) is 5.32 Å². The van der Waals surface area contributed by atoms with Gasteiger partial charge in [-0.15, -0.1) is 0 Å². The van der Waals surface area contributed by atoms with E-state index < -0.39 is 5.41 Å². The first-order valence-electron chi connectivity index (χ1n) is 6.99. The molecule has 1 heterocycles. The lowest BCUT2D eigenvalue weighted by Crippen LogP contribution is -2.60. The zero-order chi connectivity index (χ0) is 14.8. The number of urea groups is 1. The van der Waals surface area contributed by atoms with Crippen molar-refractivity contribution in [1.29, 1.82) is 0 Å². The highest BCUT2D eigenvalue weighted by atomic mass is 16.2. The van der Waals surface area contributed by atoms with E-state index in [-0.39, 0.29) is 11.9 Å². The summed E-state index contributed by atoms with van der Waals surface area (Å²) >= 11 is 0. The van der Waals surface area contributed by atoms with Crippen molar-refractivity contribution in [2.24, 2.45) is 11.1 Å². The van der Waals surface area contributed by atoms with Crippen LogP contribution in [-0.4, -0.2) is 18.5 Å². The number of anilines is 1. The van der Waals surface area contributed by atoms with E-state index >= 15 is 0 Å². The molecule has 0 bridgehead atoms. The monoisotopic (exact) mass is 275 g/mol. The van der Waals surface area contributed by atoms with Crippen LogP contribution in [0.15, 0.2) is 24.3 Å². The molecular weight excluding hydrogens is 254 g/mol. The molecule has 0 aromatic heterocycles. The van der Waals surface area contributed by atoms with Crippen molar-refractivity contribution in [3.05, 3.63) is 29.8 Å². The van der Waals surface area contributed by atoms with Crippen LogP contribution in [0.25, 0.3) is 0 Å². The molecule has 0 saturated carbocycles. The van der Waals surface area contributed by atoms with Crippen LogP contribution in [0.1, 0.15) is 32.3 Å². The van der Waals surface area contributed by atoms with Crippen LogP contribution in [0.3, 0.4) is 0 Å². The number of imide groups is 1. The molecule has 1 aromatic rings. The van der Waals surface area contributed by atoms with E-state index in [1.54, 1.807) is 12.1 Å². The average molecular weight is 275 g/mol. The second-order valence-electron chi connectivity index (χ2n) is 5.16. The van der Waals surface area contributed by atoms with Gasteiger partial charge in [-0.3, -0.25) is 4.79 Å². The molecule has 108 valence electrons. The van der Waals surface area contributed by atoms with E-state index in [4.69, 9.17) is 5.73 Å². The van der Waals surface area contributed by atoms with Gasteiger partial charge in [0.1, 0.15) is 0 Å². The van der Waals surface area contributed by atoms with Crippen molar-refractivity contribution in [3.63, 3.8) is 0 Å². The maximum Gasteiger partial charge on any atom is 0.328 e. The lowest BCUT2D eigenvalue weighted by Gasteiger charge is -2.39. The normalized spacial score (nSPS) is 18.1. The minimum absolute atomic E-state index is 0.119. The third-order valence-electron chi connectivity index (χ3n) is 4.22. The standard InChI is InChI=1S/C15H21N3O2/c1-3-15(4-2)10-17-14(20)18(13(15)19)12-7-5-11(9-16)6-8-12/h5-8H,3-4,9-10,16H2,1-2H3,(H,17,20). The van der Waals surface area contributed by atoms with E-state index in [2.05, 4.69) is 5.32 Å². The average Bonchev–Trinajstić information content (AvgIpc) is 2.49. The second kappa shape index (κ2) is 5.63. The molecule has 3 N–H and O–H groups in total. The van der Waals surface area contributed by atoms with Crippen LogP contribution in [0.5, 0.6) is 0 Å². The summed E-state index contributed by atoms with van der Waals surface area (Å²) in [7, 11) is 0. The van der Waals surface area contributed by atoms with Crippen molar-refractivity contribution in [3.8, 4) is 0 Å². The van der Waals surface area contributed by atoms with Crippen LogP contribution in [0.4, 0.5) is 10.5 Å². The molecule has 1 aliphatic heterocycles. The van der Waals surface area contributed by atoms with Gasteiger partial charge in [0, 0.05) is 13.1 Å². The van der Waals surface area contributed by atoms with Crippen molar-refractivity contribution >= 4 is 17.6 Å². The number of rotatable bonds is 4. The molecule has 0 aliphatic carbocycles. The van der Waals surface area contributed by atoms with E-state index in [9.17, 15) is 9.59 Å². The van der Waals surface area contributed by atoms with Gasteiger partial charge < -0.3 is 11.1 Å². The SMILES string of the molecule is CCC1(CC)CNC(=O)N(c2ccc(CN)cc2)C1=O. The van der Waals surface area contributed by atoms with E-state index in [1.807, 2.05) is 26.0 Å². The minimum Gasteiger partial charge on any atom is -0.336 e. The van der Waals surface area contributed by atoms with Gasteiger partial charge >= 0.3 is 6.03 Å². The zero-order valence-electron chi connectivity index (χ0n) is 12.0. The molecule has 0 radical (unpaired) electrons. The molecule has 1 fully saturated rings. The molecule has 0 atom stereocenters. The summed E-state index contributed by atoms with van der Waals surface area (Å²) < 4.78 is 0. The summed E-state index contributed by atoms with van der Waals surface area (Å²) in [6.45, 7) is 4.81. The van der Waals surface area contributed by atoms with Gasteiger partial charge in [-0.25, -0.2) is 9.69 Å². The van der Waals surface area contributed by atoms with Crippen molar-refractivity contribution in [2.75, 3.05) is 11.4 Å². The number of carbonyl (C=O) groups is 2. The number of hydrogen-bond donors (Lipinski definition) is 2. The summed E-state index contributed by atoms with van der Waals surface area (Å²) in [4.78, 5) is 26.0. The van der Waals surface area contributed by atoms with Gasteiger partial charge in [-0.1, -0.05) is 26.0 Å². The van der Waals surface area contributed by atoms with E-state index in [0.29, 0.717) is 31.6 Å². The molecule has 0 spiro atoms. The molecular formula is C15H21N3O2. The first-order valence-corrected chi connectivity index (χ1v) is 6.99. The Balaban J connectivity index is 2.36. The molecule has 1 aromatic carbocycles. The highest BCUT2D eigenvalue weighted by Gasteiger charge is 2.45. The summed E-state index contributed by atoms with van der Waals surface area (Å²) in [5.74, 6) is -0.119. The Kier molecular flexibility index (Phi) is 4.09. The lowest BCUT2D eigenvalue weighted by molar-refractivity contribution is -0.128. The Morgan fingerprint density at radius 2 is 1.80 bits per heavy atom. The minimum atomic E-state index is -0.500. The molecule has 20 heavy (non-hydrogen) atoms. The number of nitrogens with two attached hydrogens (primary N) is 1. The molecule has 1 aliphatic rings. The van der Waals surface area contributed by atoms with E-state index in [0.717, 1.165) is 5.56 Å². The highest BCUT2D eigenvalue weighted by molar-refractivity contribution is 6.17. The topological polar surface area (TPSA) is 75.4 Å². The van der Waals surface area contributed by atoms with Gasteiger partial charge in [0.2, 0.25) is 5.91 Å². The largest absolute Gasteiger partial charge is 0.336 e. The Hall–Kier alpha value is -1.88. The number of hydrogen-bond acceptors (Lipinski definition) is 3. The first kappa shape index (κ1) is 14.5. The lowest BCUT2D eigenvalue weighted by atomic mass is 9.79. The number of carbonyl (C=O) groups excluding carboxylic acids is 2. The first-order chi connectivity index (χ1) is 9.57. The van der Waals surface area contributed by atoms with Crippen molar-refractivity contribution < 1.29 is 9.59 Å². The number of benzene rings is 1. The van der Waals surface area contributed by atoms with Crippen LogP contribution in [-0.2, 0) is 11.3 Å². The Morgan fingerprint density at radius 3 is 2.30 bits per heavy atom. The summed E-state index contributed by atoms with van der Waals surface area (Å²) in [5.41, 5.74) is 6.62. The fraction of sp³-hybridized carbons (Fsp3) is 0.467. The third-order valence-corrected chi connectivity index (χ3v) is 4.22. The molecule has 5 nitrogen and oxygen atoms in total. The smallest absolute Gasteiger partial charge is 0.328 e. The summed E-state index contributed by atoms with van der Waals surface area (Å²) in [6, 6.07) is 6.85. The fourth-order valence-electron chi connectivity index (χ4n) is 2.55. The fourth-order valence-corrected chi connectivity index (χ4v) is 2.55. The van der Waals surface area contributed by atoms with Crippen LogP contribution >= 0.6 is 0 Å². The molecule has 0 unspecified atom stereocenters. The quantitative estimate of drug-likeness (QED) is 0.882. The predicted octanol–water partition coefficient (Wildman–Crippen LogP) is 2.01. The maximum absolute atomic E-state index is 12.7. The van der Waals surface area contributed by atoms with E-state index in [1.165, 1.54) is 4.90 Å². The summed E-state index contributed by atoms with van der Waals surface area (Å²) in [5, 5.41) is 2.82. The molecule has 2 rings (SSSR count). The Labute approximate surface area is 119 Å². The van der Waals surface area contributed by atoms with Crippen molar-refractivity contribution in [2.45, 2.75) is 33.2 Å². The van der Waals surface area contributed by atoms with Crippen LogP contribution < -0.4 is 16.0 Å². The van der Waals surface area contributed by atoms with Gasteiger partial charge in [0.25, 0.3) is 0 Å². The Bertz CT molecular complexity index is 506. The number of nitrogens with zero attached hydrogens (tertiary/aromatic N) is 1. The molecule has 5 heteroatoms. The molecule has 3 amide bonds. The highest BCUT2D eigenvalue weighted by Crippen LogP contribution is 2.33. The Morgan fingerprint density at radius 1 is 1.20 bits per heavy atom. The number of nitrogens with one attached hydrogen (secondary N) is 1. The zero-order valence-corrected chi connectivity index (χ0v) is 12.0. The van der Waals surface area contributed by atoms with Crippen LogP contribution in [0.2, 0.25) is 0 Å². The third kappa shape index (κ3) is 2.29.